The van der Waals surface area contributed by atoms with Crippen LogP contribution in [0.3, 0.4) is 0 Å². The van der Waals surface area contributed by atoms with Crippen LogP contribution in [-0.4, -0.2) is 49.5 Å². The van der Waals surface area contributed by atoms with E-state index < -0.39 is 0 Å². The van der Waals surface area contributed by atoms with E-state index in [4.69, 9.17) is 9.84 Å². The summed E-state index contributed by atoms with van der Waals surface area (Å²) in [4.78, 5) is 2.43. The van der Waals surface area contributed by atoms with E-state index >= 15 is 0 Å². The van der Waals surface area contributed by atoms with Crippen molar-refractivity contribution in [1.82, 2.24) is 4.90 Å². The Kier molecular flexibility index (Phi) is 5.45. The maximum atomic E-state index is 8.92. The Labute approximate surface area is 87.1 Å². The van der Waals surface area contributed by atoms with Crippen molar-refractivity contribution in [2.45, 2.75) is 32.2 Å². The normalized spacial score (nSPS) is 20.8. The molecule has 0 aromatic heterocycles. The lowest BCUT2D eigenvalue weighted by atomic mass is 9.92. The third-order valence-corrected chi connectivity index (χ3v) is 3.02. The van der Waals surface area contributed by atoms with Crippen molar-refractivity contribution < 1.29 is 9.84 Å². The van der Waals surface area contributed by atoms with Crippen LogP contribution in [-0.2, 0) is 4.74 Å². The quantitative estimate of drug-likeness (QED) is 0.670. The van der Waals surface area contributed by atoms with Crippen LogP contribution in [0.4, 0.5) is 0 Å². The van der Waals surface area contributed by atoms with Crippen LogP contribution in [0.15, 0.2) is 0 Å². The largest absolute Gasteiger partial charge is 0.396 e. The molecular formula is C11H23NO2. The van der Waals surface area contributed by atoms with Gasteiger partial charge in [0.2, 0.25) is 0 Å². The highest BCUT2D eigenvalue weighted by Gasteiger charge is 2.30. The zero-order valence-electron chi connectivity index (χ0n) is 9.41. The molecule has 14 heavy (non-hydrogen) atoms. The van der Waals surface area contributed by atoms with Crippen molar-refractivity contribution in [3.8, 4) is 0 Å². The summed E-state index contributed by atoms with van der Waals surface area (Å²) in [5.41, 5.74) is 0. The van der Waals surface area contributed by atoms with Crippen molar-refractivity contribution in [2.24, 2.45) is 5.92 Å². The number of nitrogens with zero attached hydrogens (tertiary/aromatic N) is 1. The summed E-state index contributed by atoms with van der Waals surface area (Å²) in [6, 6.07) is 0.429. The number of likely N-dealkylation sites (tertiary alicyclic amines) is 1. The molecule has 1 fully saturated rings. The first-order valence-corrected chi connectivity index (χ1v) is 5.65. The second kappa shape index (κ2) is 6.38. The maximum Gasteiger partial charge on any atom is 0.0618 e. The topological polar surface area (TPSA) is 32.7 Å². The number of ether oxygens (including phenoxy) is 1. The molecule has 0 radical (unpaired) electrons. The second-order valence-corrected chi connectivity index (χ2v) is 4.23. The van der Waals surface area contributed by atoms with Gasteiger partial charge in [-0.1, -0.05) is 13.3 Å². The molecule has 1 aliphatic heterocycles. The van der Waals surface area contributed by atoms with Gasteiger partial charge >= 0.3 is 0 Å². The molecule has 1 rings (SSSR count). The van der Waals surface area contributed by atoms with E-state index in [1.54, 1.807) is 7.11 Å². The molecule has 0 aliphatic carbocycles. The molecule has 3 heteroatoms. The average Bonchev–Trinajstić information content (AvgIpc) is 2.10. The number of methoxy groups -OCH3 is 1. The predicted octanol–water partition coefficient (Wildman–Crippen LogP) is 1.12. The van der Waals surface area contributed by atoms with Gasteiger partial charge in [0.25, 0.3) is 0 Å². The summed E-state index contributed by atoms with van der Waals surface area (Å²) < 4.78 is 5.16. The number of rotatable bonds is 7. The van der Waals surface area contributed by atoms with Crippen molar-refractivity contribution in [3.63, 3.8) is 0 Å². The van der Waals surface area contributed by atoms with Gasteiger partial charge < -0.3 is 9.84 Å². The Bertz CT molecular complexity index is 140. The first-order valence-electron chi connectivity index (χ1n) is 5.65. The fourth-order valence-electron chi connectivity index (χ4n) is 2.21. The maximum absolute atomic E-state index is 8.92. The van der Waals surface area contributed by atoms with Crippen LogP contribution < -0.4 is 0 Å². The number of aliphatic hydroxyl groups excluding tert-OH is 1. The van der Waals surface area contributed by atoms with Gasteiger partial charge in [0.05, 0.1) is 6.61 Å². The lowest BCUT2D eigenvalue weighted by Gasteiger charge is -2.44. The number of hydrogen-bond donors (Lipinski definition) is 1. The minimum Gasteiger partial charge on any atom is -0.396 e. The van der Waals surface area contributed by atoms with Crippen LogP contribution in [0.25, 0.3) is 0 Å². The van der Waals surface area contributed by atoms with Gasteiger partial charge in [-0.05, 0) is 18.8 Å². The summed E-state index contributed by atoms with van der Waals surface area (Å²) in [7, 11) is 1.73. The SMILES string of the molecule is CCCC1CN(C(CCO)COC)C1. The van der Waals surface area contributed by atoms with Crippen LogP contribution in [0, 0.1) is 5.92 Å². The number of aliphatic hydroxyl groups is 1. The smallest absolute Gasteiger partial charge is 0.0618 e. The monoisotopic (exact) mass is 201 g/mol. The van der Waals surface area contributed by atoms with Crippen LogP contribution >= 0.6 is 0 Å². The van der Waals surface area contributed by atoms with E-state index in [1.165, 1.54) is 25.9 Å². The standard InChI is InChI=1S/C11H23NO2/c1-3-4-10-7-12(8-10)11(5-6-13)9-14-2/h10-11,13H,3-9H2,1-2H3. The fraction of sp³-hybridized carbons (Fsp3) is 1.00. The molecule has 1 heterocycles. The Balaban J connectivity index is 2.19. The minimum absolute atomic E-state index is 0.267. The van der Waals surface area contributed by atoms with Crippen LogP contribution in [0.2, 0.25) is 0 Å². The highest BCUT2D eigenvalue weighted by molar-refractivity contribution is 4.85. The number of hydrogen-bond acceptors (Lipinski definition) is 3. The molecule has 1 unspecified atom stereocenters. The highest BCUT2D eigenvalue weighted by Crippen LogP contribution is 2.23. The zero-order valence-corrected chi connectivity index (χ0v) is 9.41. The van der Waals surface area contributed by atoms with Crippen molar-refractivity contribution in [1.29, 1.82) is 0 Å². The second-order valence-electron chi connectivity index (χ2n) is 4.23. The Hall–Kier alpha value is -0.120. The predicted molar refractivity (Wildman–Crippen MR) is 57.3 cm³/mol. The van der Waals surface area contributed by atoms with E-state index in [0.29, 0.717) is 6.04 Å². The Morgan fingerprint density at radius 3 is 2.71 bits per heavy atom. The van der Waals surface area contributed by atoms with Gasteiger partial charge in [-0.2, -0.15) is 0 Å². The Morgan fingerprint density at radius 1 is 1.50 bits per heavy atom. The molecule has 1 N–H and O–H groups in total. The lowest BCUT2D eigenvalue weighted by Crippen LogP contribution is -2.53. The van der Waals surface area contributed by atoms with Gasteiger partial charge in [0, 0.05) is 32.8 Å². The van der Waals surface area contributed by atoms with E-state index in [2.05, 4.69) is 11.8 Å². The Morgan fingerprint density at radius 2 is 2.21 bits per heavy atom. The third-order valence-electron chi connectivity index (χ3n) is 3.02. The molecule has 0 aromatic carbocycles. The summed E-state index contributed by atoms with van der Waals surface area (Å²) >= 11 is 0. The first-order chi connectivity index (χ1) is 6.81. The average molecular weight is 201 g/mol. The molecule has 0 bridgehead atoms. The van der Waals surface area contributed by atoms with Gasteiger partial charge in [-0.15, -0.1) is 0 Å². The lowest BCUT2D eigenvalue weighted by molar-refractivity contribution is -0.000799. The van der Waals surface area contributed by atoms with Crippen molar-refractivity contribution in [2.75, 3.05) is 33.4 Å². The molecule has 84 valence electrons. The molecule has 0 saturated carbocycles. The summed E-state index contributed by atoms with van der Waals surface area (Å²) in [6.45, 7) is 5.65. The van der Waals surface area contributed by atoms with Crippen LogP contribution in [0.1, 0.15) is 26.2 Å². The van der Waals surface area contributed by atoms with E-state index in [9.17, 15) is 0 Å². The molecular weight excluding hydrogens is 178 g/mol. The highest BCUT2D eigenvalue weighted by atomic mass is 16.5. The first kappa shape index (κ1) is 12.0. The summed E-state index contributed by atoms with van der Waals surface area (Å²) in [5.74, 6) is 0.887. The zero-order chi connectivity index (χ0) is 10.4. The van der Waals surface area contributed by atoms with Gasteiger partial charge in [0.1, 0.15) is 0 Å². The molecule has 0 spiro atoms. The van der Waals surface area contributed by atoms with Gasteiger partial charge in [-0.3, -0.25) is 4.90 Å². The molecule has 1 aliphatic rings. The molecule has 3 nitrogen and oxygen atoms in total. The third kappa shape index (κ3) is 3.23. The molecule has 1 saturated heterocycles. The van der Waals surface area contributed by atoms with Crippen molar-refractivity contribution >= 4 is 0 Å². The van der Waals surface area contributed by atoms with Gasteiger partial charge in [0.15, 0.2) is 0 Å². The minimum atomic E-state index is 0.267. The molecule has 0 amide bonds. The van der Waals surface area contributed by atoms with Crippen LogP contribution in [0.5, 0.6) is 0 Å². The molecule has 1 atom stereocenters. The summed E-state index contributed by atoms with van der Waals surface area (Å²) in [5, 5.41) is 8.92. The van der Waals surface area contributed by atoms with Crippen molar-refractivity contribution in [3.05, 3.63) is 0 Å². The van der Waals surface area contributed by atoms with E-state index in [-0.39, 0.29) is 6.61 Å². The summed E-state index contributed by atoms with van der Waals surface area (Å²) in [6.07, 6.45) is 3.47. The fourth-order valence-corrected chi connectivity index (χ4v) is 2.21. The van der Waals surface area contributed by atoms with E-state index in [0.717, 1.165) is 18.9 Å². The van der Waals surface area contributed by atoms with Gasteiger partial charge in [-0.25, -0.2) is 0 Å². The molecule has 0 aromatic rings. The van der Waals surface area contributed by atoms with E-state index in [1.807, 2.05) is 0 Å².